The van der Waals surface area contributed by atoms with Crippen molar-refractivity contribution in [3.63, 3.8) is 0 Å². The lowest BCUT2D eigenvalue weighted by Gasteiger charge is -2.10. The van der Waals surface area contributed by atoms with Gasteiger partial charge in [0.05, 0.1) is 6.10 Å². The van der Waals surface area contributed by atoms with Crippen molar-refractivity contribution in [2.45, 2.75) is 6.10 Å². The number of rotatable bonds is 2. The van der Waals surface area contributed by atoms with Gasteiger partial charge in [0, 0.05) is 29.7 Å². The molecule has 0 bridgehead atoms. The summed E-state index contributed by atoms with van der Waals surface area (Å²) in [5.41, 5.74) is 6.88. The van der Waals surface area contributed by atoms with E-state index < -0.39 is 7.12 Å². The number of halogens is 1. The van der Waals surface area contributed by atoms with E-state index in [2.05, 4.69) is 0 Å². The molecule has 1 aromatic carbocycles. The molecule has 0 fully saturated rings. The van der Waals surface area contributed by atoms with E-state index in [0.29, 0.717) is 17.0 Å². The first-order valence-electron chi connectivity index (χ1n) is 4.58. The Morgan fingerprint density at radius 2 is 2.40 bits per heavy atom. The minimum atomic E-state index is -0.591. The van der Waals surface area contributed by atoms with Crippen molar-refractivity contribution < 1.29 is 14.4 Å². The molecule has 0 radical (unpaired) electrons. The Labute approximate surface area is 93.1 Å². The van der Waals surface area contributed by atoms with Gasteiger partial charge in [0.2, 0.25) is 0 Å². The maximum absolute atomic E-state index is 9.71. The van der Waals surface area contributed by atoms with Gasteiger partial charge < -0.3 is 20.1 Å². The van der Waals surface area contributed by atoms with Gasteiger partial charge in [0.25, 0.3) is 0 Å². The predicted molar refractivity (Wildman–Crippen MR) is 58.4 cm³/mol. The van der Waals surface area contributed by atoms with Crippen molar-refractivity contribution in [1.29, 1.82) is 0 Å². The summed E-state index contributed by atoms with van der Waals surface area (Å²) < 4.78 is 10.6. The van der Waals surface area contributed by atoms with E-state index in [9.17, 15) is 5.11 Å². The van der Waals surface area contributed by atoms with E-state index in [1.54, 1.807) is 6.07 Å². The summed E-state index contributed by atoms with van der Waals surface area (Å²) in [4.78, 5) is 0. The lowest BCUT2D eigenvalue weighted by molar-refractivity contribution is 0.182. The molecule has 6 heteroatoms. The fraction of sp³-hybridized carbons (Fsp3) is 0.333. The Hall–Kier alpha value is -0.745. The average molecular weight is 227 g/mol. The van der Waals surface area contributed by atoms with E-state index in [-0.39, 0.29) is 11.9 Å². The molecule has 15 heavy (non-hydrogen) atoms. The molecule has 1 unspecified atom stereocenters. The molecular formula is C9H11BClNO3. The highest BCUT2D eigenvalue weighted by Gasteiger charge is 2.40. The van der Waals surface area contributed by atoms with Gasteiger partial charge in [-0.3, -0.25) is 0 Å². The Morgan fingerprint density at radius 1 is 1.67 bits per heavy atom. The third-order valence-electron chi connectivity index (χ3n) is 2.48. The lowest BCUT2D eigenvalue weighted by atomic mass is 9.78. The first-order valence-corrected chi connectivity index (χ1v) is 4.96. The summed E-state index contributed by atoms with van der Waals surface area (Å²) in [6.07, 6.45) is -0.315. The molecule has 1 atom stereocenters. The molecule has 1 aromatic rings. The van der Waals surface area contributed by atoms with Crippen LogP contribution in [0.3, 0.4) is 0 Å². The van der Waals surface area contributed by atoms with E-state index in [1.165, 1.54) is 13.2 Å². The molecule has 80 valence electrons. The van der Waals surface area contributed by atoms with Gasteiger partial charge in [-0.2, -0.15) is 0 Å². The van der Waals surface area contributed by atoms with Gasteiger partial charge in [-0.25, -0.2) is 0 Å². The Balaban J connectivity index is 2.56. The van der Waals surface area contributed by atoms with E-state index >= 15 is 0 Å². The molecule has 0 spiro atoms. The summed E-state index contributed by atoms with van der Waals surface area (Å²) in [5.74, 6) is 0.122. The van der Waals surface area contributed by atoms with E-state index in [0.717, 1.165) is 5.56 Å². The van der Waals surface area contributed by atoms with Gasteiger partial charge in [0.1, 0.15) is 5.75 Å². The van der Waals surface area contributed by atoms with Crippen LogP contribution < -0.4 is 11.2 Å². The maximum Gasteiger partial charge on any atom is 0.498 e. The number of phenols is 1. The highest BCUT2D eigenvalue weighted by Crippen LogP contribution is 2.32. The molecule has 3 N–H and O–H groups in total. The summed E-state index contributed by atoms with van der Waals surface area (Å²) in [7, 11) is 0.917. The molecule has 0 aliphatic carbocycles. The highest BCUT2D eigenvalue weighted by molar-refractivity contribution is 6.64. The molecular weight excluding hydrogens is 216 g/mol. The molecule has 1 heterocycles. The van der Waals surface area contributed by atoms with Crippen molar-refractivity contribution in [3.8, 4) is 5.75 Å². The minimum Gasteiger partial charge on any atom is -0.508 e. The molecule has 1 aliphatic rings. The summed E-state index contributed by atoms with van der Waals surface area (Å²) in [5, 5.41) is 10.3. The van der Waals surface area contributed by atoms with Crippen LogP contribution in [0.2, 0.25) is 5.02 Å². The van der Waals surface area contributed by atoms with Gasteiger partial charge in [-0.15, -0.1) is 0 Å². The van der Waals surface area contributed by atoms with Crippen molar-refractivity contribution in [2.75, 3.05) is 13.7 Å². The monoisotopic (exact) mass is 227 g/mol. The molecule has 1 aliphatic heterocycles. The van der Waals surface area contributed by atoms with Crippen LogP contribution in [-0.4, -0.2) is 25.9 Å². The third kappa shape index (κ3) is 1.61. The second kappa shape index (κ2) is 4.02. The zero-order chi connectivity index (χ0) is 11.0. The topological polar surface area (TPSA) is 64.7 Å². The van der Waals surface area contributed by atoms with Crippen molar-refractivity contribution >= 4 is 24.2 Å². The van der Waals surface area contributed by atoms with Crippen molar-refractivity contribution in [1.82, 2.24) is 0 Å². The average Bonchev–Trinajstić information content (AvgIpc) is 2.63. The number of nitrogens with two attached hydrogens (primary N) is 1. The Kier molecular flexibility index (Phi) is 2.88. The quantitative estimate of drug-likeness (QED) is 0.719. The molecule has 4 nitrogen and oxygen atoms in total. The number of phenolic OH excluding ortho intramolecular Hbond substituents is 1. The van der Waals surface area contributed by atoms with Crippen LogP contribution in [0, 0.1) is 0 Å². The Bertz CT molecular complexity index is 353. The second-order valence-corrected chi connectivity index (χ2v) is 3.73. The summed E-state index contributed by atoms with van der Waals surface area (Å²) in [6, 6.07) is 3.15. The number of aromatic hydroxyl groups is 1. The normalized spacial score (nSPS) is 19.4. The molecule has 0 amide bonds. The standard InChI is InChI=1S/C9H11BClNO3/c1-14-10-9-6(13)3-2-5(11)8(9)7(4-12)15-10/h2-3,7,13H,4,12H2,1H3. The number of benzene rings is 1. The van der Waals surface area contributed by atoms with Gasteiger partial charge in [-0.05, 0) is 12.1 Å². The first-order chi connectivity index (χ1) is 7.19. The molecule has 0 aromatic heterocycles. The summed E-state index contributed by atoms with van der Waals surface area (Å²) >= 11 is 6.04. The molecule has 0 saturated heterocycles. The number of hydrogen-bond acceptors (Lipinski definition) is 4. The van der Waals surface area contributed by atoms with Crippen molar-refractivity contribution in [2.24, 2.45) is 5.73 Å². The van der Waals surface area contributed by atoms with Gasteiger partial charge >= 0.3 is 7.12 Å². The summed E-state index contributed by atoms with van der Waals surface area (Å²) in [6.45, 7) is 0.302. The second-order valence-electron chi connectivity index (χ2n) is 3.32. The van der Waals surface area contributed by atoms with Gasteiger partial charge in [-0.1, -0.05) is 11.6 Å². The van der Waals surface area contributed by atoms with Crippen LogP contribution in [0.25, 0.3) is 0 Å². The largest absolute Gasteiger partial charge is 0.508 e. The van der Waals surface area contributed by atoms with Crippen LogP contribution in [0.1, 0.15) is 11.7 Å². The fourth-order valence-corrected chi connectivity index (χ4v) is 2.09. The number of fused-ring (bicyclic) bond motifs is 1. The molecule has 2 rings (SSSR count). The highest BCUT2D eigenvalue weighted by atomic mass is 35.5. The smallest absolute Gasteiger partial charge is 0.498 e. The van der Waals surface area contributed by atoms with Crippen LogP contribution in [-0.2, 0) is 9.31 Å². The zero-order valence-electron chi connectivity index (χ0n) is 8.24. The van der Waals surface area contributed by atoms with Crippen molar-refractivity contribution in [3.05, 3.63) is 22.7 Å². The third-order valence-corrected chi connectivity index (χ3v) is 2.81. The SMILES string of the molecule is COB1OC(CN)c2c(Cl)ccc(O)c21. The van der Waals surface area contributed by atoms with Gasteiger partial charge in [0.15, 0.2) is 0 Å². The van der Waals surface area contributed by atoms with Crippen LogP contribution in [0.4, 0.5) is 0 Å². The predicted octanol–water partition coefficient (Wildman–Crippen LogP) is 0.417. The lowest BCUT2D eigenvalue weighted by Crippen LogP contribution is -2.31. The maximum atomic E-state index is 9.71. The minimum absolute atomic E-state index is 0.122. The fourth-order valence-electron chi connectivity index (χ4n) is 1.81. The number of hydrogen-bond donors (Lipinski definition) is 2. The van der Waals surface area contributed by atoms with Crippen LogP contribution in [0.15, 0.2) is 12.1 Å². The first kappa shape index (κ1) is 10.8. The molecule has 0 saturated carbocycles. The zero-order valence-corrected chi connectivity index (χ0v) is 8.99. The van der Waals surface area contributed by atoms with Crippen LogP contribution in [0.5, 0.6) is 5.75 Å². The van der Waals surface area contributed by atoms with E-state index in [1.807, 2.05) is 0 Å². The van der Waals surface area contributed by atoms with E-state index in [4.69, 9.17) is 26.6 Å². The van der Waals surface area contributed by atoms with Crippen LogP contribution >= 0.6 is 11.6 Å². The Morgan fingerprint density at radius 3 is 3.00 bits per heavy atom.